The van der Waals surface area contributed by atoms with Gasteiger partial charge in [-0.25, -0.2) is 8.78 Å². The van der Waals surface area contributed by atoms with Gasteiger partial charge in [-0.05, 0) is 0 Å². The molecule has 0 spiro atoms. The van der Waals surface area contributed by atoms with E-state index >= 15 is 0 Å². The molecule has 0 aliphatic carbocycles. The Morgan fingerprint density at radius 1 is 1.38 bits per heavy atom. The average molecular weight is 292 g/mol. The second kappa shape index (κ2) is 4.01. The van der Waals surface area contributed by atoms with Crippen molar-refractivity contribution in [3.8, 4) is 5.75 Å². The average Bonchev–Trinajstić information content (AvgIpc) is 2.51. The molecule has 16 heavy (non-hydrogen) atoms. The summed E-state index contributed by atoms with van der Waals surface area (Å²) in [7, 11) is 0. The van der Waals surface area contributed by atoms with E-state index in [0.717, 1.165) is 6.07 Å². The van der Waals surface area contributed by atoms with Crippen LogP contribution in [0.15, 0.2) is 12.1 Å². The van der Waals surface area contributed by atoms with E-state index in [2.05, 4.69) is 15.9 Å². The van der Waals surface area contributed by atoms with Crippen LogP contribution in [-0.2, 0) is 4.79 Å². The maximum atomic E-state index is 13.4. The van der Waals surface area contributed by atoms with Crippen LogP contribution >= 0.6 is 15.9 Å². The molecule has 86 valence electrons. The molecule has 1 aliphatic rings. The quantitative estimate of drug-likeness (QED) is 0.806. The van der Waals surface area contributed by atoms with Gasteiger partial charge in [0.15, 0.2) is 11.6 Å². The van der Waals surface area contributed by atoms with Crippen LogP contribution < -0.4 is 4.90 Å². The Morgan fingerprint density at radius 3 is 2.62 bits per heavy atom. The van der Waals surface area contributed by atoms with Crippen LogP contribution in [0.4, 0.5) is 14.5 Å². The monoisotopic (exact) mass is 291 g/mol. The van der Waals surface area contributed by atoms with E-state index in [1.54, 1.807) is 0 Å². The van der Waals surface area contributed by atoms with Crippen LogP contribution in [0, 0.1) is 11.6 Å². The van der Waals surface area contributed by atoms with Gasteiger partial charge < -0.3 is 10.0 Å². The second-order valence-electron chi connectivity index (χ2n) is 3.56. The lowest BCUT2D eigenvalue weighted by Gasteiger charge is -2.17. The van der Waals surface area contributed by atoms with E-state index in [-0.39, 0.29) is 22.8 Å². The molecule has 1 aromatic rings. The summed E-state index contributed by atoms with van der Waals surface area (Å²) >= 11 is 3.25. The third kappa shape index (κ3) is 1.89. The number of benzene rings is 1. The zero-order valence-corrected chi connectivity index (χ0v) is 9.67. The minimum atomic E-state index is -1.04. The molecular weight excluding hydrogens is 284 g/mol. The summed E-state index contributed by atoms with van der Waals surface area (Å²) in [5.41, 5.74) is -0.0918. The van der Waals surface area contributed by atoms with Gasteiger partial charge in [0, 0.05) is 29.9 Å². The summed E-state index contributed by atoms with van der Waals surface area (Å²) in [6.45, 7) is 0.306. The van der Waals surface area contributed by atoms with Crippen molar-refractivity contribution in [2.24, 2.45) is 0 Å². The fourth-order valence-electron chi connectivity index (χ4n) is 1.63. The van der Waals surface area contributed by atoms with Crippen LogP contribution in [0.3, 0.4) is 0 Å². The van der Waals surface area contributed by atoms with Crippen molar-refractivity contribution < 1.29 is 18.7 Å². The van der Waals surface area contributed by atoms with Gasteiger partial charge in [-0.3, -0.25) is 4.79 Å². The number of aromatic hydroxyl groups is 1. The molecule has 0 radical (unpaired) electrons. The molecule has 0 aromatic heterocycles. The number of carbonyl (C=O) groups is 1. The fourth-order valence-corrected chi connectivity index (χ4v) is 2.20. The zero-order chi connectivity index (χ0) is 11.9. The number of hydrogen-bond acceptors (Lipinski definition) is 2. The topological polar surface area (TPSA) is 40.5 Å². The number of amides is 1. The van der Waals surface area contributed by atoms with Crippen molar-refractivity contribution in [3.05, 3.63) is 23.8 Å². The summed E-state index contributed by atoms with van der Waals surface area (Å²) in [6.07, 6.45) is 0.261. The Morgan fingerprint density at radius 2 is 2.06 bits per heavy atom. The van der Waals surface area contributed by atoms with E-state index < -0.39 is 17.4 Å². The molecule has 1 atom stereocenters. The van der Waals surface area contributed by atoms with Crippen molar-refractivity contribution in [2.45, 2.75) is 11.2 Å². The number of phenolic OH excluding ortho intramolecular Hbond substituents is 1. The smallest absolute Gasteiger partial charge is 0.228 e. The summed E-state index contributed by atoms with van der Waals surface area (Å²) in [5, 5.41) is 9.15. The van der Waals surface area contributed by atoms with E-state index in [1.807, 2.05) is 0 Å². The minimum absolute atomic E-state index is 0.0494. The maximum absolute atomic E-state index is 13.4. The number of anilines is 1. The molecule has 1 heterocycles. The molecule has 2 rings (SSSR count). The first-order valence-electron chi connectivity index (χ1n) is 4.61. The van der Waals surface area contributed by atoms with Crippen LogP contribution in [0.25, 0.3) is 0 Å². The van der Waals surface area contributed by atoms with Crippen molar-refractivity contribution in [1.29, 1.82) is 0 Å². The van der Waals surface area contributed by atoms with Gasteiger partial charge in [-0.15, -0.1) is 0 Å². The number of hydrogen-bond donors (Lipinski definition) is 1. The van der Waals surface area contributed by atoms with Gasteiger partial charge in [-0.1, -0.05) is 15.9 Å². The largest absolute Gasteiger partial charge is 0.505 e. The van der Waals surface area contributed by atoms with Crippen LogP contribution in [-0.4, -0.2) is 22.4 Å². The van der Waals surface area contributed by atoms with Crippen molar-refractivity contribution >= 4 is 27.5 Å². The van der Waals surface area contributed by atoms with Crippen molar-refractivity contribution in [2.75, 3.05) is 11.4 Å². The molecule has 6 heteroatoms. The standard InChI is InChI=1S/C10H8BrF2NO2/c11-5-1-10(16)14(4-5)8-3-9(15)7(13)2-6(8)12/h2-3,5,15H,1,4H2. The third-order valence-corrected chi connectivity index (χ3v) is 3.00. The number of rotatable bonds is 1. The molecule has 3 nitrogen and oxygen atoms in total. The predicted molar refractivity (Wildman–Crippen MR) is 57.7 cm³/mol. The minimum Gasteiger partial charge on any atom is -0.505 e. The SMILES string of the molecule is O=C1CC(Br)CN1c1cc(O)c(F)cc1F. The molecule has 1 aliphatic heterocycles. The van der Waals surface area contributed by atoms with E-state index in [0.29, 0.717) is 12.6 Å². The molecule has 1 N–H and O–H groups in total. The second-order valence-corrected chi connectivity index (χ2v) is 4.86. The zero-order valence-electron chi connectivity index (χ0n) is 8.08. The Bertz CT molecular complexity index is 453. The molecule has 1 saturated heterocycles. The number of nitrogens with zero attached hydrogens (tertiary/aromatic N) is 1. The van der Waals surface area contributed by atoms with Crippen LogP contribution in [0.5, 0.6) is 5.75 Å². The number of alkyl halides is 1. The first-order valence-corrected chi connectivity index (χ1v) is 5.53. The maximum Gasteiger partial charge on any atom is 0.228 e. The van der Waals surface area contributed by atoms with Crippen molar-refractivity contribution in [1.82, 2.24) is 0 Å². The highest BCUT2D eigenvalue weighted by Gasteiger charge is 2.31. The van der Waals surface area contributed by atoms with Gasteiger partial charge in [0.1, 0.15) is 5.82 Å². The molecule has 0 saturated carbocycles. The third-order valence-electron chi connectivity index (χ3n) is 2.38. The van der Waals surface area contributed by atoms with Gasteiger partial charge in [0.25, 0.3) is 0 Å². The fraction of sp³-hybridized carbons (Fsp3) is 0.300. The Labute approximate surface area is 98.8 Å². The molecule has 1 unspecified atom stereocenters. The summed E-state index contributed by atoms with van der Waals surface area (Å²) in [5.74, 6) is -2.82. The van der Waals surface area contributed by atoms with E-state index in [1.165, 1.54) is 4.90 Å². The Balaban J connectivity index is 2.41. The first-order chi connectivity index (χ1) is 7.49. The van der Waals surface area contributed by atoms with Gasteiger partial charge >= 0.3 is 0 Å². The summed E-state index contributed by atoms with van der Waals surface area (Å²) in [6, 6.07) is 1.49. The van der Waals surface area contributed by atoms with Gasteiger partial charge in [0.2, 0.25) is 5.91 Å². The lowest BCUT2D eigenvalue weighted by atomic mass is 10.2. The highest BCUT2D eigenvalue weighted by molar-refractivity contribution is 9.09. The molecule has 0 bridgehead atoms. The molecule has 1 aromatic carbocycles. The highest BCUT2D eigenvalue weighted by Crippen LogP contribution is 2.31. The number of carbonyl (C=O) groups excluding carboxylic acids is 1. The highest BCUT2D eigenvalue weighted by atomic mass is 79.9. The lowest BCUT2D eigenvalue weighted by molar-refractivity contribution is -0.117. The summed E-state index contributed by atoms with van der Waals surface area (Å²) in [4.78, 5) is 12.6. The van der Waals surface area contributed by atoms with E-state index in [4.69, 9.17) is 5.11 Å². The van der Waals surface area contributed by atoms with Gasteiger partial charge in [0.05, 0.1) is 5.69 Å². The summed E-state index contributed by atoms with van der Waals surface area (Å²) < 4.78 is 26.2. The van der Waals surface area contributed by atoms with Gasteiger partial charge in [-0.2, -0.15) is 0 Å². The molecule has 1 amide bonds. The number of phenols is 1. The van der Waals surface area contributed by atoms with Crippen LogP contribution in [0.2, 0.25) is 0 Å². The van der Waals surface area contributed by atoms with Crippen LogP contribution in [0.1, 0.15) is 6.42 Å². The number of halogens is 3. The van der Waals surface area contributed by atoms with Crippen molar-refractivity contribution in [3.63, 3.8) is 0 Å². The molecular formula is C10H8BrF2NO2. The van der Waals surface area contributed by atoms with E-state index in [9.17, 15) is 13.6 Å². The molecule has 1 fully saturated rings. The predicted octanol–water partition coefficient (Wildman–Crippen LogP) is 2.17. The normalized spacial score (nSPS) is 20.6. The Hall–Kier alpha value is -1.17. The lowest BCUT2D eigenvalue weighted by Crippen LogP contribution is -2.25. The first kappa shape index (κ1) is 11.3. The Kier molecular flexibility index (Phi) is 2.84.